The molecule has 1 heterocycles. The van der Waals surface area contributed by atoms with Gasteiger partial charge < -0.3 is 15.4 Å². The maximum Gasteiger partial charge on any atom is 0.221 e. The molecule has 1 aliphatic heterocycles. The standard InChI is InChI=1S/C15H22N2O2S/c1-11(18)17-13-3-5-14(6-4-13)20-10-15(16-2)12-7-8-19-9-12/h3-6,12,15-16H,7-10H2,1-2H3,(H,17,18). The molecule has 2 atom stereocenters. The number of carbonyl (C=O) groups excluding carboxylic acids is 1. The molecular formula is C15H22N2O2S. The molecule has 0 saturated carbocycles. The smallest absolute Gasteiger partial charge is 0.221 e. The third-order valence-electron chi connectivity index (χ3n) is 3.51. The Hall–Kier alpha value is -1.04. The number of amides is 1. The molecule has 1 aromatic rings. The molecule has 0 spiro atoms. The summed E-state index contributed by atoms with van der Waals surface area (Å²) in [4.78, 5) is 12.2. The van der Waals surface area contributed by atoms with Crippen LogP contribution in [0.15, 0.2) is 29.2 Å². The second-order valence-electron chi connectivity index (χ2n) is 5.04. The van der Waals surface area contributed by atoms with Gasteiger partial charge in [0, 0.05) is 41.8 Å². The largest absolute Gasteiger partial charge is 0.381 e. The van der Waals surface area contributed by atoms with E-state index in [1.165, 1.54) is 11.8 Å². The molecule has 2 unspecified atom stereocenters. The summed E-state index contributed by atoms with van der Waals surface area (Å²) in [5, 5.41) is 6.17. The van der Waals surface area contributed by atoms with Crippen molar-refractivity contribution < 1.29 is 9.53 Å². The molecule has 5 heteroatoms. The summed E-state index contributed by atoms with van der Waals surface area (Å²) in [6.45, 7) is 3.27. The summed E-state index contributed by atoms with van der Waals surface area (Å²) in [5.74, 6) is 1.61. The SMILES string of the molecule is CNC(CSc1ccc(NC(C)=O)cc1)C1CCOC1. The van der Waals surface area contributed by atoms with Gasteiger partial charge in [-0.2, -0.15) is 0 Å². The summed E-state index contributed by atoms with van der Waals surface area (Å²) < 4.78 is 5.46. The van der Waals surface area contributed by atoms with Crippen LogP contribution in [-0.2, 0) is 9.53 Å². The third-order valence-corrected chi connectivity index (χ3v) is 4.64. The Labute approximate surface area is 124 Å². The van der Waals surface area contributed by atoms with Crippen LogP contribution < -0.4 is 10.6 Å². The van der Waals surface area contributed by atoms with Crippen molar-refractivity contribution in [1.82, 2.24) is 5.32 Å². The number of thioether (sulfide) groups is 1. The lowest BCUT2D eigenvalue weighted by atomic mass is 10.0. The van der Waals surface area contributed by atoms with Gasteiger partial charge in [-0.25, -0.2) is 0 Å². The fraction of sp³-hybridized carbons (Fsp3) is 0.533. The molecule has 110 valence electrons. The quantitative estimate of drug-likeness (QED) is 0.791. The van der Waals surface area contributed by atoms with Crippen LogP contribution in [0.1, 0.15) is 13.3 Å². The van der Waals surface area contributed by atoms with Gasteiger partial charge in [-0.3, -0.25) is 4.79 Å². The minimum atomic E-state index is -0.0399. The summed E-state index contributed by atoms with van der Waals surface area (Å²) in [6, 6.07) is 8.47. The molecule has 0 radical (unpaired) electrons. The van der Waals surface area contributed by atoms with E-state index in [-0.39, 0.29) is 5.91 Å². The third kappa shape index (κ3) is 4.51. The molecule has 0 aromatic heterocycles. The topological polar surface area (TPSA) is 50.4 Å². The second kappa shape index (κ2) is 7.67. The zero-order chi connectivity index (χ0) is 14.4. The van der Waals surface area contributed by atoms with E-state index in [4.69, 9.17) is 4.74 Å². The molecule has 2 N–H and O–H groups in total. The Morgan fingerprint density at radius 1 is 1.45 bits per heavy atom. The number of anilines is 1. The van der Waals surface area contributed by atoms with Crippen molar-refractivity contribution in [3.05, 3.63) is 24.3 Å². The summed E-state index contributed by atoms with van der Waals surface area (Å²) in [6.07, 6.45) is 1.15. The summed E-state index contributed by atoms with van der Waals surface area (Å²) in [5.41, 5.74) is 0.844. The van der Waals surface area contributed by atoms with Crippen LogP contribution in [0.2, 0.25) is 0 Å². The van der Waals surface area contributed by atoms with Gasteiger partial charge in [-0.15, -0.1) is 11.8 Å². The number of carbonyl (C=O) groups is 1. The monoisotopic (exact) mass is 294 g/mol. The van der Waals surface area contributed by atoms with Gasteiger partial charge >= 0.3 is 0 Å². The predicted octanol–water partition coefficient (Wildman–Crippen LogP) is 2.36. The maximum absolute atomic E-state index is 11.0. The number of benzene rings is 1. The lowest BCUT2D eigenvalue weighted by Gasteiger charge is -2.21. The van der Waals surface area contributed by atoms with E-state index < -0.39 is 0 Å². The van der Waals surface area contributed by atoms with Gasteiger partial charge in [0.2, 0.25) is 5.91 Å². The van der Waals surface area contributed by atoms with Crippen molar-refractivity contribution >= 4 is 23.4 Å². The molecule has 1 aliphatic rings. The van der Waals surface area contributed by atoms with Crippen LogP contribution in [0.5, 0.6) is 0 Å². The van der Waals surface area contributed by atoms with Gasteiger partial charge in [-0.1, -0.05) is 0 Å². The van der Waals surface area contributed by atoms with Crippen molar-refractivity contribution in [2.45, 2.75) is 24.3 Å². The van der Waals surface area contributed by atoms with Crippen molar-refractivity contribution in [1.29, 1.82) is 0 Å². The van der Waals surface area contributed by atoms with Crippen molar-refractivity contribution in [2.24, 2.45) is 5.92 Å². The lowest BCUT2D eigenvalue weighted by Crippen LogP contribution is -2.36. The van der Waals surface area contributed by atoms with Crippen molar-refractivity contribution in [3.63, 3.8) is 0 Å². The minimum Gasteiger partial charge on any atom is -0.381 e. The minimum absolute atomic E-state index is 0.0399. The highest BCUT2D eigenvalue weighted by Crippen LogP contribution is 2.25. The van der Waals surface area contributed by atoms with Crippen LogP contribution in [0.25, 0.3) is 0 Å². The number of rotatable bonds is 6. The molecule has 0 bridgehead atoms. The molecule has 2 rings (SSSR count). The lowest BCUT2D eigenvalue weighted by molar-refractivity contribution is -0.114. The van der Waals surface area contributed by atoms with Gasteiger partial charge in [0.05, 0.1) is 6.61 Å². The Balaban J connectivity index is 1.84. The van der Waals surface area contributed by atoms with Crippen molar-refractivity contribution in [2.75, 3.05) is 31.3 Å². The summed E-state index contributed by atoms with van der Waals surface area (Å²) in [7, 11) is 2.02. The van der Waals surface area contributed by atoms with Gasteiger partial charge in [0.15, 0.2) is 0 Å². The van der Waals surface area contributed by atoms with E-state index in [0.717, 1.165) is 31.1 Å². The summed E-state index contributed by atoms with van der Waals surface area (Å²) >= 11 is 1.84. The highest BCUT2D eigenvalue weighted by atomic mass is 32.2. The number of hydrogen-bond acceptors (Lipinski definition) is 4. The van der Waals surface area contributed by atoms with E-state index in [0.29, 0.717) is 12.0 Å². The molecule has 1 aromatic carbocycles. The fourth-order valence-corrected chi connectivity index (χ4v) is 3.49. The first-order chi connectivity index (χ1) is 9.69. The molecule has 0 aliphatic carbocycles. The number of ether oxygens (including phenoxy) is 1. The highest BCUT2D eigenvalue weighted by Gasteiger charge is 2.24. The van der Waals surface area contributed by atoms with Crippen LogP contribution in [0.4, 0.5) is 5.69 Å². The van der Waals surface area contributed by atoms with Crippen LogP contribution in [-0.4, -0.2) is 38.0 Å². The van der Waals surface area contributed by atoms with Crippen LogP contribution >= 0.6 is 11.8 Å². The van der Waals surface area contributed by atoms with E-state index >= 15 is 0 Å². The average molecular weight is 294 g/mol. The molecule has 1 saturated heterocycles. The highest BCUT2D eigenvalue weighted by molar-refractivity contribution is 7.99. The van der Waals surface area contributed by atoms with E-state index in [1.807, 2.05) is 43.1 Å². The molecule has 4 nitrogen and oxygen atoms in total. The maximum atomic E-state index is 11.0. The van der Waals surface area contributed by atoms with E-state index in [9.17, 15) is 4.79 Å². The van der Waals surface area contributed by atoms with E-state index in [2.05, 4.69) is 10.6 Å². The zero-order valence-corrected chi connectivity index (χ0v) is 12.8. The second-order valence-corrected chi connectivity index (χ2v) is 6.13. The number of nitrogens with one attached hydrogen (secondary N) is 2. The van der Waals surface area contributed by atoms with Gasteiger partial charge in [0.1, 0.15) is 0 Å². The molecule has 20 heavy (non-hydrogen) atoms. The van der Waals surface area contributed by atoms with Gasteiger partial charge in [0.25, 0.3) is 0 Å². The fourth-order valence-electron chi connectivity index (χ4n) is 2.35. The number of hydrogen-bond donors (Lipinski definition) is 2. The van der Waals surface area contributed by atoms with Crippen LogP contribution in [0, 0.1) is 5.92 Å². The molecule has 1 amide bonds. The normalized spacial score (nSPS) is 19.8. The first kappa shape index (κ1) is 15.4. The Morgan fingerprint density at radius 3 is 2.75 bits per heavy atom. The Kier molecular flexibility index (Phi) is 5.88. The predicted molar refractivity (Wildman–Crippen MR) is 83.2 cm³/mol. The molecular weight excluding hydrogens is 272 g/mol. The Bertz CT molecular complexity index is 430. The van der Waals surface area contributed by atoms with E-state index in [1.54, 1.807) is 0 Å². The first-order valence-corrected chi connectivity index (χ1v) is 7.93. The average Bonchev–Trinajstić information content (AvgIpc) is 2.95. The van der Waals surface area contributed by atoms with Crippen molar-refractivity contribution in [3.8, 4) is 0 Å². The van der Waals surface area contributed by atoms with Crippen LogP contribution in [0.3, 0.4) is 0 Å². The first-order valence-electron chi connectivity index (χ1n) is 6.94. The van der Waals surface area contributed by atoms with Gasteiger partial charge in [-0.05, 0) is 37.7 Å². The molecule has 1 fully saturated rings. The zero-order valence-electron chi connectivity index (χ0n) is 12.0. The Morgan fingerprint density at radius 2 is 2.20 bits per heavy atom.